The summed E-state index contributed by atoms with van der Waals surface area (Å²) in [6, 6.07) is 31.4. The highest BCUT2D eigenvalue weighted by atomic mass is 35.5. The minimum atomic E-state index is 0.279. The Labute approximate surface area is 197 Å². The molecule has 0 bridgehead atoms. The Morgan fingerprint density at radius 1 is 0.667 bits per heavy atom. The normalized spacial score (nSPS) is 10.2. The average molecular weight is 450 g/mol. The van der Waals surface area contributed by atoms with E-state index in [1.807, 2.05) is 72.8 Å². The molecule has 0 saturated heterocycles. The van der Waals surface area contributed by atoms with E-state index in [1.165, 1.54) is 0 Å². The molecule has 6 heteroatoms. The number of hydrogen-bond donors (Lipinski definition) is 2. The third-order valence-electron chi connectivity index (χ3n) is 5.17. The molecule has 0 radical (unpaired) electrons. The van der Waals surface area contributed by atoms with Gasteiger partial charge in [-0.2, -0.15) is 10.5 Å². The van der Waals surface area contributed by atoms with Crippen molar-refractivity contribution >= 4 is 23.2 Å². The van der Waals surface area contributed by atoms with Gasteiger partial charge in [-0.3, -0.25) is 0 Å². The number of nitrogens with zero attached hydrogens (tertiary/aromatic N) is 3. The minimum Gasteiger partial charge on any atom is -0.365 e. The lowest BCUT2D eigenvalue weighted by molar-refractivity contribution is 1.07. The first kappa shape index (κ1) is 21.9. The molecule has 0 amide bonds. The van der Waals surface area contributed by atoms with Crippen molar-refractivity contribution in [3.05, 3.63) is 112 Å². The standard InChI is InChI=1S/C27H20ClN5/c28-24-14-8-7-13-21(24)25-22(15-29)26(31-17-19-9-3-1-4-10-19)33-27(23(25)16-30)32-18-20-11-5-2-6-12-20/h1-14H,17-18H2,(H2,31,32,33). The van der Waals surface area contributed by atoms with Crippen molar-refractivity contribution in [2.45, 2.75) is 13.1 Å². The van der Waals surface area contributed by atoms with Crippen LogP contribution in [0, 0.1) is 22.7 Å². The van der Waals surface area contributed by atoms with Crippen molar-refractivity contribution < 1.29 is 0 Å². The molecule has 1 heterocycles. The molecule has 4 aromatic rings. The van der Waals surface area contributed by atoms with Crippen LogP contribution in [0.5, 0.6) is 0 Å². The van der Waals surface area contributed by atoms with Gasteiger partial charge in [0, 0.05) is 29.2 Å². The largest absolute Gasteiger partial charge is 0.365 e. The van der Waals surface area contributed by atoms with Crippen molar-refractivity contribution in [3.8, 4) is 23.3 Å². The van der Waals surface area contributed by atoms with E-state index in [9.17, 15) is 10.5 Å². The van der Waals surface area contributed by atoms with E-state index in [1.54, 1.807) is 12.1 Å². The van der Waals surface area contributed by atoms with Crippen molar-refractivity contribution in [2.75, 3.05) is 10.6 Å². The summed E-state index contributed by atoms with van der Waals surface area (Å²) in [6.07, 6.45) is 0. The van der Waals surface area contributed by atoms with Gasteiger partial charge in [0.05, 0.1) is 0 Å². The van der Waals surface area contributed by atoms with E-state index >= 15 is 0 Å². The zero-order valence-corrected chi connectivity index (χ0v) is 18.5. The van der Waals surface area contributed by atoms with E-state index in [4.69, 9.17) is 11.6 Å². The molecule has 1 aromatic heterocycles. The smallest absolute Gasteiger partial charge is 0.147 e. The summed E-state index contributed by atoms with van der Waals surface area (Å²) in [5, 5.41) is 27.1. The summed E-state index contributed by atoms with van der Waals surface area (Å²) in [7, 11) is 0. The lowest BCUT2D eigenvalue weighted by atomic mass is 9.95. The highest BCUT2D eigenvalue weighted by molar-refractivity contribution is 6.33. The van der Waals surface area contributed by atoms with Gasteiger partial charge in [0.1, 0.15) is 34.9 Å². The van der Waals surface area contributed by atoms with Crippen LogP contribution in [0.25, 0.3) is 11.1 Å². The van der Waals surface area contributed by atoms with Gasteiger partial charge in [-0.05, 0) is 17.2 Å². The Kier molecular flexibility index (Phi) is 6.85. The van der Waals surface area contributed by atoms with Gasteiger partial charge in [-0.15, -0.1) is 0 Å². The maximum absolute atomic E-state index is 10.1. The molecule has 0 saturated carbocycles. The van der Waals surface area contributed by atoms with Gasteiger partial charge in [-0.25, -0.2) is 4.98 Å². The average Bonchev–Trinajstić information content (AvgIpc) is 2.87. The molecule has 4 rings (SSSR count). The first-order valence-electron chi connectivity index (χ1n) is 10.4. The summed E-state index contributed by atoms with van der Waals surface area (Å²) < 4.78 is 0. The lowest BCUT2D eigenvalue weighted by Gasteiger charge is -2.18. The van der Waals surface area contributed by atoms with Gasteiger partial charge < -0.3 is 10.6 Å². The molecule has 0 aliphatic carbocycles. The summed E-state index contributed by atoms with van der Waals surface area (Å²) in [4.78, 5) is 4.65. The molecule has 0 atom stereocenters. The molecular weight excluding hydrogens is 430 g/mol. The van der Waals surface area contributed by atoms with Gasteiger partial charge in [-0.1, -0.05) is 90.5 Å². The number of aromatic nitrogens is 1. The predicted octanol–water partition coefficient (Wildman–Crippen LogP) is 6.37. The van der Waals surface area contributed by atoms with Gasteiger partial charge in [0.2, 0.25) is 0 Å². The van der Waals surface area contributed by atoms with Gasteiger partial charge >= 0.3 is 0 Å². The molecule has 160 valence electrons. The SMILES string of the molecule is N#Cc1c(NCc2ccccc2)nc(NCc2ccccc2)c(C#N)c1-c1ccccc1Cl. The van der Waals surface area contributed by atoms with E-state index in [2.05, 4.69) is 27.8 Å². The quantitative estimate of drug-likeness (QED) is 0.342. The Hall–Kier alpha value is -4.32. The van der Waals surface area contributed by atoms with E-state index in [0.717, 1.165) is 11.1 Å². The number of benzene rings is 3. The summed E-state index contributed by atoms with van der Waals surface area (Å²) in [5.41, 5.74) is 3.73. The monoisotopic (exact) mass is 449 g/mol. The number of anilines is 2. The number of nitriles is 2. The number of pyridine rings is 1. The first-order valence-corrected chi connectivity index (χ1v) is 10.8. The van der Waals surface area contributed by atoms with Gasteiger partial charge in [0.25, 0.3) is 0 Å². The molecular formula is C27H20ClN5. The maximum atomic E-state index is 10.1. The molecule has 3 aromatic carbocycles. The minimum absolute atomic E-state index is 0.279. The number of nitrogens with one attached hydrogen (secondary N) is 2. The van der Waals surface area contributed by atoms with Crippen molar-refractivity contribution in [2.24, 2.45) is 0 Å². The molecule has 0 spiro atoms. The highest BCUT2D eigenvalue weighted by Gasteiger charge is 2.22. The Morgan fingerprint density at radius 2 is 1.12 bits per heavy atom. The van der Waals surface area contributed by atoms with Crippen LogP contribution in [0.1, 0.15) is 22.3 Å². The van der Waals surface area contributed by atoms with E-state index < -0.39 is 0 Å². The fourth-order valence-electron chi connectivity index (χ4n) is 3.56. The summed E-state index contributed by atoms with van der Waals surface area (Å²) in [5.74, 6) is 0.789. The zero-order valence-electron chi connectivity index (χ0n) is 17.7. The number of halogens is 1. The third kappa shape index (κ3) is 4.96. The third-order valence-corrected chi connectivity index (χ3v) is 5.50. The second-order valence-electron chi connectivity index (χ2n) is 7.32. The number of hydrogen-bond acceptors (Lipinski definition) is 5. The van der Waals surface area contributed by atoms with Crippen LogP contribution in [-0.4, -0.2) is 4.98 Å². The van der Waals surface area contributed by atoms with Crippen LogP contribution in [0.2, 0.25) is 5.02 Å². The molecule has 0 aliphatic rings. The van der Waals surface area contributed by atoms with Crippen molar-refractivity contribution in [1.82, 2.24) is 4.98 Å². The Bertz CT molecular complexity index is 1260. The molecule has 0 aliphatic heterocycles. The van der Waals surface area contributed by atoms with Gasteiger partial charge in [0.15, 0.2) is 0 Å². The molecule has 2 N–H and O–H groups in total. The van der Waals surface area contributed by atoms with Crippen LogP contribution in [0.3, 0.4) is 0 Å². The Balaban J connectivity index is 1.83. The predicted molar refractivity (Wildman–Crippen MR) is 132 cm³/mol. The molecule has 33 heavy (non-hydrogen) atoms. The summed E-state index contributed by atoms with van der Waals surface area (Å²) >= 11 is 6.49. The molecule has 0 unspecified atom stereocenters. The topological polar surface area (TPSA) is 84.5 Å². The van der Waals surface area contributed by atoms with E-state index in [0.29, 0.717) is 40.9 Å². The van der Waals surface area contributed by atoms with Crippen molar-refractivity contribution in [1.29, 1.82) is 10.5 Å². The Morgan fingerprint density at radius 3 is 1.58 bits per heavy atom. The first-order chi connectivity index (χ1) is 16.2. The second kappa shape index (κ2) is 10.3. The summed E-state index contributed by atoms with van der Waals surface area (Å²) in [6.45, 7) is 0.961. The molecule has 5 nitrogen and oxygen atoms in total. The lowest BCUT2D eigenvalue weighted by Crippen LogP contribution is -2.11. The van der Waals surface area contributed by atoms with Crippen molar-refractivity contribution in [3.63, 3.8) is 0 Å². The fraction of sp³-hybridized carbons (Fsp3) is 0.0741. The van der Waals surface area contributed by atoms with Crippen LogP contribution >= 0.6 is 11.6 Å². The highest BCUT2D eigenvalue weighted by Crippen LogP contribution is 2.38. The van der Waals surface area contributed by atoms with E-state index in [-0.39, 0.29) is 11.1 Å². The number of rotatable bonds is 7. The van der Waals surface area contributed by atoms with Crippen LogP contribution in [0.15, 0.2) is 84.9 Å². The van der Waals surface area contributed by atoms with Crippen LogP contribution < -0.4 is 10.6 Å². The zero-order chi connectivity index (χ0) is 23.0. The second-order valence-corrected chi connectivity index (χ2v) is 7.72. The molecule has 0 fully saturated rings. The fourth-order valence-corrected chi connectivity index (χ4v) is 3.79. The maximum Gasteiger partial charge on any atom is 0.147 e. The van der Waals surface area contributed by atoms with Crippen LogP contribution in [-0.2, 0) is 13.1 Å². The van der Waals surface area contributed by atoms with Crippen LogP contribution in [0.4, 0.5) is 11.6 Å².